The van der Waals surface area contributed by atoms with Crippen molar-refractivity contribution >= 4 is 6.09 Å². The summed E-state index contributed by atoms with van der Waals surface area (Å²) in [6, 6.07) is 2.75. The number of benzene rings is 1. The van der Waals surface area contributed by atoms with Crippen LogP contribution in [-0.2, 0) is 4.74 Å². The Balaban J connectivity index is 2.82. The number of phenols is 1. The fraction of sp³-hybridized carbons (Fsp3) is 0.562. The zero-order valence-corrected chi connectivity index (χ0v) is 14.5. The van der Waals surface area contributed by atoms with Gasteiger partial charge in [0.1, 0.15) is 35.1 Å². The molecule has 0 saturated heterocycles. The molecule has 0 bridgehead atoms. The van der Waals surface area contributed by atoms with Gasteiger partial charge in [-0.1, -0.05) is 0 Å². The highest BCUT2D eigenvalue weighted by Crippen LogP contribution is 2.38. The van der Waals surface area contributed by atoms with Gasteiger partial charge in [-0.25, -0.2) is 4.79 Å². The van der Waals surface area contributed by atoms with Crippen LogP contribution in [0, 0.1) is 0 Å². The molecule has 1 aromatic carbocycles. The van der Waals surface area contributed by atoms with Crippen LogP contribution in [0.25, 0.3) is 0 Å². The van der Waals surface area contributed by atoms with E-state index in [1.54, 1.807) is 20.8 Å². The second-order valence-electron chi connectivity index (χ2n) is 6.16. The number of ether oxygens (including phenoxy) is 3. The summed E-state index contributed by atoms with van der Waals surface area (Å²) in [6.07, 6.45) is -3.59. The molecule has 0 aliphatic heterocycles. The van der Waals surface area contributed by atoms with E-state index in [2.05, 4.69) is 5.32 Å². The summed E-state index contributed by atoms with van der Waals surface area (Å²) in [7, 11) is 2.78. The lowest BCUT2D eigenvalue weighted by Gasteiger charge is -2.23. The van der Waals surface area contributed by atoms with Crippen molar-refractivity contribution in [1.29, 1.82) is 0 Å². The number of hydrogen-bond donors (Lipinski definition) is 4. The van der Waals surface area contributed by atoms with Gasteiger partial charge in [0.25, 0.3) is 0 Å². The highest BCUT2D eigenvalue weighted by molar-refractivity contribution is 5.67. The maximum Gasteiger partial charge on any atom is 0.407 e. The number of aliphatic hydroxyl groups excluding tert-OH is 2. The summed E-state index contributed by atoms with van der Waals surface area (Å²) >= 11 is 0. The van der Waals surface area contributed by atoms with E-state index < -0.39 is 23.9 Å². The Hall–Kier alpha value is -2.19. The minimum atomic E-state index is -1.49. The zero-order valence-electron chi connectivity index (χ0n) is 14.5. The minimum Gasteiger partial charge on any atom is -0.507 e. The molecule has 4 N–H and O–H groups in total. The number of amides is 1. The molecule has 136 valence electrons. The number of carbonyl (C=O) groups excluding carboxylic acids is 1. The van der Waals surface area contributed by atoms with Crippen molar-refractivity contribution in [2.45, 2.75) is 38.6 Å². The third kappa shape index (κ3) is 5.47. The van der Waals surface area contributed by atoms with Crippen LogP contribution in [0.15, 0.2) is 12.1 Å². The average Bonchev–Trinajstić information content (AvgIpc) is 2.49. The van der Waals surface area contributed by atoms with Gasteiger partial charge in [-0.3, -0.25) is 0 Å². The number of phenolic OH excluding ortho intramolecular Hbond substituents is 1. The van der Waals surface area contributed by atoms with Gasteiger partial charge in [0.05, 0.1) is 19.8 Å². The van der Waals surface area contributed by atoms with E-state index in [-0.39, 0.29) is 23.6 Å². The van der Waals surface area contributed by atoms with E-state index >= 15 is 0 Å². The van der Waals surface area contributed by atoms with Crippen molar-refractivity contribution in [3.8, 4) is 17.2 Å². The van der Waals surface area contributed by atoms with Crippen molar-refractivity contribution in [2.24, 2.45) is 0 Å². The lowest BCUT2D eigenvalue weighted by atomic mass is 10.0. The first-order chi connectivity index (χ1) is 11.1. The summed E-state index contributed by atoms with van der Waals surface area (Å²) in [6.45, 7) is 4.85. The number of hydrogen-bond acceptors (Lipinski definition) is 7. The van der Waals surface area contributed by atoms with Gasteiger partial charge in [0.15, 0.2) is 0 Å². The monoisotopic (exact) mass is 343 g/mol. The fourth-order valence-electron chi connectivity index (χ4n) is 1.98. The molecule has 1 aromatic rings. The van der Waals surface area contributed by atoms with Crippen LogP contribution in [0.4, 0.5) is 4.79 Å². The molecule has 8 nitrogen and oxygen atoms in total. The lowest BCUT2D eigenvalue weighted by molar-refractivity contribution is 0.0108. The Kier molecular flexibility index (Phi) is 6.68. The Morgan fingerprint density at radius 3 is 2.33 bits per heavy atom. The van der Waals surface area contributed by atoms with Crippen LogP contribution in [-0.4, -0.2) is 53.9 Å². The van der Waals surface area contributed by atoms with Crippen LogP contribution < -0.4 is 14.8 Å². The Bertz CT molecular complexity index is 568. The molecule has 0 radical (unpaired) electrons. The molecular formula is C16H25NO7. The molecule has 2 atom stereocenters. The second-order valence-corrected chi connectivity index (χ2v) is 6.16. The van der Waals surface area contributed by atoms with Crippen molar-refractivity contribution in [3.63, 3.8) is 0 Å². The van der Waals surface area contributed by atoms with Gasteiger partial charge in [0, 0.05) is 18.7 Å². The molecule has 1 rings (SSSR count). The van der Waals surface area contributed by atoms with Crippen LogP contribution in [0.3, 0.4) is 0 Å². The normalized spacial score (nSPS) is 13.8. The predicted octanol–water partition coefficient (Wildman–Crippen LogP) is 1.33. The predicted molar refractivity (Wildman–Crippen MR) is 86.4 cm³/mol. The maximum atomic E-state index is 11.6. The SMILES string of the molecule is COc1cc(O)c(C(O)C(O)CNC(=O)OC(C)(C)C)c(OC)c1. The molecule has 0 heterocycles. The van der Waals surface area contributed by atoms with E-state index in [1.807, 2.05) is 0 Å². The van der Waals surface area contributed by atoms with Crippen LogP contribution in [0.5, 0.6) is 17.2 Å². The minimum absolute atomic E-state index is 0.00297. The van der Waals surface area contributed by atoms with Crippen LogP contribution in [0.1, 0.15) is 32.4 Å². The highest BCUT2D eigenvalue weighted by atomic mass is 16.6. The van der Waals surface area contributed by atoms with Crippen molar-refractivity contribution < 1.29 is 34.3 Å². The summed E-state index contributed by atoms with van der Waals surface area (Å²) in [5, 5.41) is 32.7. The van der Waals surface area contributed by atoms with Crippen LogP contribution >= 0.6 is 0 Å². The highest BCUT2D eigenvalue weighted by Gasteiger charge is 2.27. The third-order valence-electron chi connectivity index (χ3n) is 3.06. The summed E-state index contributed by atoms with van der Waals surface area (Å²) in [4.78, 5) is 11.6. The first-order valence-electron chi connectivity index (χ1n) is 7.37. The molecule has 0 saturated carbocycles. The number of alkyl carbamates (subject to hydrolysis) is 1. The number of nitrogens with one attached hydrogen (secondary N) is 1. The number of rotatable bonds is 6. The first kappa shape index (κ1) is 19.9. The number of methoxy groups -OCH3 is 2. The quantitative estimate of drug-likeness (QED) is 0.615. The maximum absolute atomic E-state index is 11.6. The molecule has 24 heavy (non-hydrogen) atoms. The van der Waals surface area contributed by atoms with Crippen LogP contribution in [0.2, 0.25) is 0 Å². The van der Waals surface area contributed by atoms with Gasteiger partial charge in [0.2, 0.25) is 0 Å². The molecule has 8 heteroatoms. The largest absolute Gasteiger partial charge is 0.507 e. The lowest BCUT2D eigenvalue weighted by Crippen LogP contribution is -2.38. The topological polar surface area (TPSA) is 117 Å². The third-order valence-corrected chi connectivity index (χ3v) is 3.06. The van der Waals surface area contributed by atoms with Crippen molar-refractivity contribution in [1.82, 2.24) is 5.32 Å². The molecule has 1 amide bonds. The Labute approximate surface area is 141 Å². The number of aliphatic hydroxyl groups is 2. The molecule has 0 fully saturated rings. The molecular weight excluding hydrogens is 318 g/mol. The molecule has 0 aromatic heterocycles. The standard InChI is InChI=1S/C16H25NO7/c1-16(2,3)24-15(21)17-8-11(19)14(20)13-10(18)6-9(22-4)7-12(13)23-5/h6-7,11,14,18-20H,8H2,1-5H3,(H,17,21). The van der Waals surface area contributed by atoms with E-state index in [9.17, 15) is 20.1 Å². The summed E-state index contributed by atoms with van der Waals surface area (Å²) in [5.41, 5.74) is -0.678. The van der Waals surface area contributed by atoms with Gasteiger partial charge >= 0.3 is 6.09 Å². The van der Waals surface area contributed by atoms with Crippen molar-refractivity contribution in [2.75, 3.05) is 20.8 Å². The Morgan fingerprint density at radius 1 is 1.21 bits per heavy atom. The summed E-state index contributed by atoms with van der Waals surface area (Å²) < 4.78 is 15.1. The second kappa shape index (κ2) is 8.07. The smallest absolute Gasteiger partial charge is 0.407 e. The van der Waals surface area contributed by atoms with E-state index in [0.29, 0.717) is 5.75 Å². The summed E-state index contributed by atoms with van der Waals surface area (Å²) in [5.74, 6) is 0.187. The number of aromatic hydroxyl groups is 1. The Morgan fingerprint density at radius 2 is 1.83 bits per heavy atom. The van der Waals surface area contributed by atoms with E-state index in [0.717, 1.165) is 0 Å². The molecule has 0 spiro atoms. The molecule has 0 aliphatic rings. The zero-order chi connectivity index (χ0) is 18.5. The van der Waals surface area contributed by atoms with Crippen molar-refractivity contribution in [3.05, 3.63) is 17.7 Å². The first-order valence-corrected chi connectivity index (χ1v) is 7.37. The molecule has 2 unspecified atom stereocenters. The van der Waals surface area contributed by atoms with E-state index in [1.165, 1.54) is 26.4 Å². The van der Waals surface area contributed by atoms with E-state index in [4.69, 9.17) is 14.2 Å². The average molecular weight is 343 g/mol. The van der Waals surface area contributed by atoms with Gasteiger partial charge < -0.3 is 34.8 Å². The van der Waals surface area contributed by atoms with Gasteiger partial charge in [-0.2, -0.15) is 0 Å². The fourth-order valence-corrected chi connectivity index (χ4v) is 1.98. The molecule has 0 aliphatic carbocycles. The number of carbonyl (C=O) groups is 1. The van der Waals surface area contributed by atoms with Gasteiger partial charge in [-0.15, -0.1) is 0 Å². The van der Waals surface area contributed by atoms with Gasteiger partial charge in [-0.05, 0) is 20.8 Å².